The summed E-state index contributed by atoms with van der Waals surface area (Å²) in [7, 11) is 1.50. The number of benzene rings is 1. The van der Waals surface area contributed by atoms with E-state index < -0.39 is 5.54 Å². The number of hydrogen-bond acceptors (Lipinski definition) is 3. The summed E-state index contributed by atoms with van der Waals surface area (Å²) in [4.78, 5) is 26.5. The van der Waals surface area contributed by atoms with Crippen molar-refractivity contribution in [2.75, 3.05) is 20.2 Å². The smallest absolute Gasteiger partial charge is 0.222 e. The van der Waals surface area contributed by atoms with Gasteiger partial charge in [0.1, 0.15) is 11.6 Å². The molecule has 1 aromatic rings. The molecule has 27 heavy (non-hydrogen) atoms. The summed E-state index contributed by atoms with van der Waals surface area (Å²) in [6, 6.07) is 4.79. The third-order valence-corrected chi connectivity index (χ3v) is 5.85. The lowest BCUT2D eigenvalue weighted by Gasteiger charge is -2.33. The summed E-state index contributed by atoms with van der Waals surface area (Å²) >= 11 is 0. The second kappa shape index (κ2) is 8.28. The Hall–Kier alpha value is -2.11. The number of likely N-dealkylation sites (tertiary alicyclic amines) is 1. The van der Waals surface area contributed by atoms with Crippen LogP contribution < -0.4 is 10.1 Å². The van der Waals surface area contributed by atoms with Gasteiger partial charge in [-0.3, -0.25) is 9.59 Å². The highest BCUT2D eigenvalue weighted by Crippen LogP contribution is 2.32. The summed E-state index contributed by atoms with van der Waals surface area (Å²) in [5, 5.41) is 3.03. The molecule has 0 saturated carbocycles. The normalized spacial score (nSPS) is 25.4. The Kier molecular flexibility index (Phi) is 6.02. The Morgan fingerprint density at radius 1 is 1.44 bits per heavy atom. The van der Waals surface area contributed by atoms with Crippen LogP contribution in [-0.4, -0.2) is 42.5 Å². The topological polar surface area (TPSA) is 58.6 Å². The van der Waals surface area contributed by atoms with E-state index in [1.807, 2.05) is 4.90 Å². The average Bonchev–Trinajstić information content (AvgIpc) is 3.02. The van der Waals surface area contributed by atoms with Crippen molar-refractivity contribution in [3.05, 3.63) is 29.6 Å². The fraction of sp³-hybridized carbons (Fsp3) is 0.619. The molecule has 0 aliphatic carbocycles. The molecule has 2 aliphatic rings. The van der Waals surface area contributed by atoms with Gasteiger partial charge in [0.25, 0.3) is 0 Å². The standard InChI is InChI=1S/C21H29FN2O3/c1-15-4-3-11-24(14-15)20(26)8-10-21(9-7-19(25)23-21)13-16-5-6-17(27-2)12-18(16)22/h5-6,12,15H,3-4,7-11,13-14H2,1-2H3,(H,23,25). The first kappa shape index (κ1) is 19.6. The van der Waals surface area contributed by atoms with E-state index in [0.29, 0.717) is 49.3 Å². The summed E-state index contributed by atoms with van der Waals surface area (Å²) in [6.45, 7) is 3.80. The van der Waals surface area contributed by atoms with Crippen molar-refractivity contribution in [3.8, 4) is 5.75 Å². The van der Waals surface area contributed by atoms with Gasteiger partial charge in [-0.2, -0.15) is 0 Å². The quantitative estimate of drug-likeness (QED) is 0.830. The molecule has 0 radical (unpaired) electrons. The fourth-order valence-electron chi connectivity index (χ4n) is 4.27. The number of carbonyl (C=O) groups excluding carboxylic acids is 2. The van der Waals surface area contributed by atoms with Gasteiger partial charge in [-0.15, -0.1) is 0 Å². The van der Waals surface area contributed by atoms with Crippen LogP contribution in [0.4, 0.5) is 4.39 Å². The van der Waals surface area contributed by atoms with Crippen LogP contribution in [0.25, 0.3) is 0 Å². The van der Waals surface area contributed by atoms with Gasteiger partial charge in [0.2, 0.25) is 11.8 Å². The van der Waals surface area contributed by atoms with Crippen molar-refractivity contribution in [2.24, 2.45) is 5.92 Å². The lowest BCUT2D eigenvalue weighted by molar-refractivity contribution is -0.133. The van der Waals surface area contributed by atoms with E-state index in [0.717, 1.165) is 19.5 Å². The van der Waals surface area contributed by atoms with Crippen molar-refractivity contribution in [3.63, 3.8) is 0 Å². The number of halogens is 1. The highest BCUT2D eigenvalue weighted by atomic mass is 19.1. The van der Waals surface area contributed by atoms with E-state index in [4.69, 9.17) is 4.74 Å². The number of ether oxygens (including phenoxy) is 1. The molecule has 2 fully saturated rings. The van der Waals surface area contributed by atoms with Gasteiger partial charge in [0.15, 0.2) is 0 Å². The van der Waals surface area contributed by atoms with Crippen LogP contribution in [0.1, 0.15) is 51.0 Å². The zero-order valence-electron chi connectivity index (χ0n) is 16.2. The first-order chi connectivity index (χ1) is 12.9. The molecule has 2 saturated heterocycles. The molecule has 6 heteroatoms. The van der Waals surface area contributed by atoms with Crippen molar-refractivity contribution < 1.29 is 18.7 Å². The van der Waals surface area contributed by atoms with E-state index in [2.05, 4.69) is 12.2 Å². The van der Waals surface area contributed by atoms with Crippen molar-refractivity contribution in [1.29, 1.82) is 0 Å². The zero-order valence-corrected chi connectivity index (χ0v) is 16.2. The van der Waals surface area contributed by atoms with Crippen LogP contribution in [-0.2, 0) is 16.0 Å². The first-order valence-electron chi connectivity index (χ1n) is 9.82. The fourth-order valence-corrected chi connectivity index (χ4v) is 4.27. The number of rotatable bonds is 6. The Balaban J connectivity index is 1.68. The van der Waals surface area contributed by atoms with E-state index in [1.165, 1.54) is 19.6 Å². The van der Waals surface area contributed by atoms with E-state index >= 15 is 0 Å². The number of nitrogens with one attached hydrogen (secondary N) is 1. The second-order valence-electron chi connectivity index (χ2n) is 8.05. The molecule has 2 heterocycles. The largest absolute Gasteiger partial charge is 0.497 e. The third-order valence-electron chi connectivity index (χ3n) is 5.85. The van der Waals surface area contributed by atoms with Gasteiger partial charge in [0, 0.05) is 37.5 Å². The molecule has 2 atom stereocenters. The Morgan fingerprint density at radius 2 is 2.26 bits per heavy atom. The molecule has 2 amide bonds. The maximum atomic E-state index is 14.4. The molecule has 2 aliphatic heterocycles. The number of nitrogens with zero attached hydrogens (tertiary/aromatic N) is 1. The highest BCUT2D eigenvalue weighted by Gasteiger charge is 2.39. The van der Waals surface area contributed by atoms with Gasteiger partial charge < -0.3 is 15.0 Å². The van der Waals surface area contributed by atoms with Crippen LogP contribution >= 0.6 is 0 Å². The number of piperidine rings is 1. The number of amides is 2. The maximum absolute atomic E-state index is 14.4. The van der Waals surface area contributed by atoms with E-state index in [1.54, 1.807) is 12.1 Å². The summed E-state index contributed by atoms with van der Waals surface area (Å²) in [6.07, 6.45) is 4.57. The SMILES string of the molecule is COc1ccc(CC2(CCC(=O)N3CCCC(C)C3)CCC(=O)N2)c(F)c1. The minimum absolute atomic E-state index is 0.0250. The Bertz CT molecular complexity index is 709. The van der Waals surface area contributed by atoms with E-state index in [9.17, 15) is 14.0 Å². The third kappa shape index (κ3) is 4.79. The van der Waals surface area contributed by atoms with Crippen LogP contribution in [0.15, 0.2) is 18.2 Å². The molecule has 0 aromatic heterocycles. The molecule has 1 N–H and O–H groups in total. The summed E-state index contributed by atoms with van der Waals surface area (Å²) in [5.41, 5.74) is -0.0131. The molecule has 2 unspecified atom stereocenters. The molecular weight excluding hydrogens is 347 g/mol. The van der Waals surface area contributed by atoms with Gasteiger partial charge in [-0.05, 0) is 49.7 Å². The monoisotopic (exact) mass is 376 g/mol. The summed E-state index contributed by atoms with van der Waals surface area (Å²) in [5.74, 6) is 0.776. The van der Waals surface area contributed by atoms with Crippen molar-refractivity contribution in [1.82, 2.24) is 10.2 Å². The van der Waals surface area contributed by atoms with Gasteiger partial charge in [0.05, 0.1) is 7.11 Å². The van der Waals surface area contributed by atoms with Crippen LogP contribution in [0, 0.1) is 11.7 Å². The Morgan fingerprint density at radius 3 is 2.89 bits per heavy atom. The minimum Gasteiger partial charge on any atom is -0.497 e. The molecule has 3 rings (SSSR count). The minimum atomic E-state index is -0.552. The molecule has 0 bridgehead atoms. The molecule has 0 spiro atoms. The van der Waals surface area contributed by atoms with Crippen LogP contribution in [0.5, 0.6) is 5.75 Å². The number of hydrogen-bond donors (Lipinski definition) is 1. The predicted octanol–water partition coefficient (Wildman–Crippen LogP) is 3.06. The van der Waals surface area contributed by atoms with Crippen LogP contribution in [0.3, 0.4) is 0 Å². The maximum Gasteiger partial charge on any atom is 0.222 e. The van der Waals surface area contributed by atoms with Gasteiger partial charge >= 0.3 is 0 Å². The molecular formula is C21H29FN2O3. The van der Waals surface area contributed by atoms with Crippen molar-refractivity contribution in [2.45, 2.75) is 57.4 Å². The van der Waals surface area contributed by atoms with Gasteiger partial charge in [-0.1, -0.05) is 13.0 Å². The lowest BCUT2D eigenvalue weighted by atomic mass is 9.84. The van der Waals surface area contributed by atoms with Crippen LogP contribution in [0.2, 0.25) is 0 Å². The van der Waals surface area contributed by atoms with Crippen molar-refractivity contribution >= 4 is 11.8 Å². The zero-order chi connectivity index (χ0) is 19.4. The Labute approximate surface area is 160 Å². The first-order valence-corrected chi connectivity index (χ1v) is 9.82. The predicted molar refractivity (Wildman–Crippen MR) is 101 cm³/mol. The number of methoxy groups -OCH3 is 1. The van der Waals surface area contributed by atoms with E-state index in [-0.39, 0.29) is 17.6 Å². The molecule has 1 aromatic carbocycles. The second-order valence-corrected chi connectivity index (χ2v) is 8.05. The lowest BCUT2D eigenvalue weighted by Crippen LogP contribution is -2.46. The molecule has 5 nitrogen and oxygen atoms in total. The average molecular weight is 376 g/mol. The van der Waals surface area contributed by atoms with Gasteiger partial charge in [-0.25, -0.2) is 4.39 Å². The highest BCUT2D eigenvalue weighted by molar-refractivity contribution is 5.80. The molecule has 148 valence electrons. The number of carbonyl (C=O) groups is 2. The summed E-state index contributed by atoms with van der Waals surface area (Å²) < 4.78 is 19.5.